The van der Waals surface area contributed by atoms with Crippen LogP contribution in [0, 0.1) is 0 Å². The fourth-order valence-corrected chi connectivity index (χ4v) is 4.54. The van der Waals surface area contributed by atoms with Gasteiger partial charge in [0.25, 0.3) is 0 Å². The van der Waals surface area contributed by atoms with E-state index in [9.17, 15) is 18.0 Å². The topological polar surface area (TPSA) is 62.2 Å². The fraction of sp³-hybridized carbons (Fsp3) is 0.0968. The number of alkyl halides is 3. The summed E-state index contributed by atoms with van der Waals surface area (Å²) in [6.45, 7) is 0.454. The summed E-state index contributed by atoms with van der Waals surface area (Å²) in [5.74, 6) is -0.984. The monoisotopic (exact) mass is 512 g/mol. The molecule has 2 N–H and O–H groups in total. The number of fused-ring (bicyclic) bond motifs is 1. The second-order valence-electron chi connectivity index (χ2n) is 8.96. The van der Waals surface area contributed by atoms with Crippen molar-refractivity contribution < 1.29 is 23.1 Å². The molecule has 0 aliphatic carbocycles. The minimum atomic E-state index is -4.52. The molecule has 0 aliphatic rings. The van der Waals surface area contributed by atoms with Crippen LogP contribution < -0.4 is 5.32 Å². The first-order chi connectivity index (χ1) is 18.3. The van der Waals surface area contributed by atoms with Crippen molar-refractivity contribution in [3.63, 3.8) is 0 Å². The number of benzene rings is 4. The average molecular weight is 513 g/mol. The van der Waals surface area contributed by atoms with Gasteiger partial charge in [-0.05, 0) is 64.6 Å². The Balaban J connectivity index is 1.55. The molecule has 0 amide bonds. The van der Waals surface area contributed by atoms with Crippen LogP contribution in [-0.4, -0.2) is 16.1 Å². The van der Waals surface area contributed by atoms with Gasteiger partial charge in [0.05, 0.1) is 16.6 Å². The minimum Gasteiger partial charge on any atom is -0.478 e. The zero-order valence-electron chi connectivity index (χ0n) is 20.2. The first-order valence-corrected chi connectivity index (χ1v) is 12.0. The van der Waals surface area contributed by atoms with E-state index in [1.165, 1.54) is 6.07 Å². The third kappa shape index (κ3) is 5.37. The molecule has 4 nitrogen and oxygen atoms in total. The highest BCUT2D eigenvalue weighted by Gasteiger charge is 2.33. The van der Waals surface area contributed by atoms with Crippen molar-refractivity contribution in [2.45, 2.75) is 19.1 Å². The lowest BCUT2D eigenvalue weighted by atomic mass is 9.91. The van der Waals surface area contributed by atoms with Crippen LogP contribution in [0.15, 0.2) is 103 Å². The molecule has 0 aliphatic heterocycles. The maximum Gasteiger partial charge on any atom is 0.418 e. The summed E-state index contributed by atoms with van der Waals surface area (Å²) in [6, 6.07) is 28.0. The molecule has 0 fully saturated rings. The summed E-state index contributed by atoms with van der Waals surface area (Å²) in [5, 5.41) is 12.9. The Kier molecular flexibility index (Phi) is 6.83. The summed E-state index contributed by atoms with van der Waals surface area (Å²) < 4.78 is 41.4. The second-order valence-corrected chi connectivity index (χ2v) is 8.96. The van der Waals surface area contributed by atoms with E-state index < -0.39 is 17.7 Å². The number of para-hydroxylation sites is 1. The molecule has 0 bridgehead atoms. The second kappa shape index (κ2) is 10.4. The Morgan fingerprint density at radius 2 is 1.58 bits per heavy atom. The molecular weight excluding hydrogens is 489 g/mol. The van der Waals surface area contributed by atoms with Crippen LogP contribution in [0.1, 0.15) is 32.6 Å². The number of nitrogens with zero attached hydrogens (tertiary/aromatic N) is 1. The van der Waals surface area contributed by atoms with Gasteiger partial charge < -0.3 is 10.4 Å². The predicted molar refractivity (Wildman–Crippen MR) is 142 cm³/mol. The summed E-state index contributed by atoms with van der Waals surface area (Å²) in [6.07, 6.45) is -2.46. The molecule has 0 radical (unpaired) electrons. The number of carboxylic acids is 1. The normalized spacial score (nSPS) is 11.4. The molecule has 0 saturated heterocycles. The highest BCUT2D eigenvalue weighted by molar-refractivity contribution is 5.98. The van der Waals surface area contributed by atoms with E-state index in [-0.39, 0.29) is 11.1 Å². The number of carboxylic acid groups (broad SMARTS) is 1. The summed E-state index contributed by atoms with van der Waals surface area (Å²) >= 11 is 0. The molecule has 5 rings (SSSR count). The van der Waals surface area contributed by atoms with E-state index in [1.807, 2.05) is 54.6 Å². The molecule has 1 aromatic heterocycles. The Morgan fingerprint density at radius 1 is 0.842 bits per heavy atom. The number of hydrogen-bond donors (Lipinski definition) is 2. The largest absolute Gasteiger partial charge is 0.478 e. The number of nitrogens with one attached hydrogen (secondary N) is 1. The Labute approximate surface area is 217 Å². The van der Waals surface area contributed by atoms with Gasteiger partial charge in [-0.3, -0.25) is 4.98 Å². The van der Waals surface area contributed by atoms with Crippen LogP contribution in [-0.2, 0) is 19.1 Å². The standard InChI is InChI=1S/C31H23F3N2O2/c32-31(33,34)27-11-5-10-26-28(24(19-36-29(26)27)16-20-6-2-1-3-7-20)23-8-4-9-25(17-23)35-18-21-12-14-22(15-13-21)30(37)38/h1-15,17,19,35H,16,18H2,(H,37,38). The summed E-state index contributed by atoms with van der Waals surface area (Å²) in [7, 11) is 0. The lowest BCUT2D eigenvalue weighted by Gasteiger charge is -2.17. The number of rotatable bonds is 7. The number of anilines is 1. The zero-order valence-corrected chi connectivity index (χ0v) is 20.2. The molecule has 0 saturated carbocycles. The van der Waals surface area contributed by atoms with Crippen LogP contribution in [0.25, 0.3) is 22.0 Å². The molecule has 7 heteroatoms. The van der Waals surface area contributed by atoms with Gasteiger partial charge in [0, 0.05) is 23.8 Å². The molecule has 38 heavy (non-hydrogen) atoms. The summed E-state index contributed by atoms with van der Waals surface area (Å²) in [5.41, 5.74) is 4.38. The van der Waals surface area contributed by atoms with E-state index in [2.05, 4.69) is 10.3 Å². The van der Waals surface area contributed by atoms with E-state index in [0.29, 0.717) is 23.9 Å². The molecular formula is C31H23F3N2O2. The molecule has 0 atom stereocenters. The van der Waals surface area contributed by atoms with Crippen LogP contribution >= 0.6 is 0 Å². The van der Waals surface area contributed by atoms with E-state index in [0.717, 1.165) is 34.0 Å². The lowest BCUT2D eigenvalue weighted by molar-refractivity contribution is -0.136. The highest BCUT2D eigenvalue weighted by Crippen LogP contribution is 2.39. The Morgan fingerprint density at radius 3 is 2.29 bits per heavy atom. The van der Waals surface area contributed by atoms with E-state index >= 15 is 0 Å². The van der Waals surface area contributed by atoms with Crippen molar-refractivity contribution in [3.05, 3.63) is 131 Å². The van der Waals surface area contributed by atoms with Gasteiger partial charge >= 0.3 is 12.1 Å². The van der Waals surface area contributed by atoms with Gasteiger partial charge in [-0.2, -0.15) is 13.2 Å². The molecule has 190 valence electrons. The smallest absolute Gasteiger partial charge is 0.418 e. The maximum atomic E-state index is 13.8. The van der Waals surface area contributed by atoms with Crippen LogP contribution in [0.4, 0.5) is 18.9 Å². The number of halogens is 3. The van der Waals surface area contributed by atoms with Gasteiger partial charge in [0.2, 0.25) is 0 Å². The lowest BCUT2D eigenvalue weighted by Crippen LogP contribution is -2.07. The SMILES string of the molecule is O=C(O)c1ccc(CNc2cccc(-c3c(Cc4ccccc4)cnc4c(C(F)(F)F)cccc34)c2)cc1. The average Bonchev–Trinajstić information content (AvgIpc) is 2.92. The van der Waals surface area contributed by atoms with Crippen molar-refractivity contribution in [3.8, 4) is 11.1 Å². The molecule has 4 aromatic carbocycles. The number of aromatic carboxylic acids is 1. The van der Waals surface area contributed by atoms with Crippen molar-refractivity contribution in [2.75, 3.05) is 5.32 Å². The quantitative estimate of drug-likeness (QED) is 0.233. The van der Waals surface area contributed by atoms with Crippen molar-refractivity contribution in [1.29, 1.82) is 0 Å². The van der Waals surface area contributed by atoms with Crippen molar-refractivity contribution in [2.24, 2.45) is 0 Å². The first kappa shape index (κ1) is 25.0. The van der Waals surface area contributed by atoms with Gasteiger partial charge in [0.1, 0.15) is 0 Å². The number of pyridine rings is 1. The van der Waals surface area contributed by atoms with E-state index in [1.54, 1.807) is 36.5 Å². The van der Waals surface area contributed by atoms with Crippen molar-refractivity contribution >= 4 is 22.6 Å². The van der Waals surface area contributed by atoms with Crippen LogP contribution in [0.2, 0.25) is 0 Å². The van der Waals surface area contributed by atoms with Gasteiger partial charge in [-0.15, -0.1) is 0 Å². The Hall–Kier alpha value is -4.65. The predicted octanol–water partition coefficient (Wildman–Crippen LogP) is 7.82. The van der Waals surface area contributed by atoms with Crippen LogP contribution in [0.3, 0.4) is 0 Å². The maximum absolute atomic E-state index is 13.8. The van der Waals surface area contributed by atoms with Crippen molar-refractivity contribution in [1.82, 2.24) is 4.98 Å². The van der Waals surface area contributed by atoms with Gasteiger partial charge in [-0.1, -0.05) is 66.7 Å². The van der Waals surface area contributed by atoms with E-state index in [4.69, 9.17) is 5.11 Å². The molecule has 1 heterocycles. The third-order valence-corrected chi connectivity index (χ3v) is 6.37. The summed E-state index contributed by atoms with van der Waals surface area (Å²) in [4.78, 5) is 15.4. The molecule has 0 unspecified atom stereocenters. The number of carbonyl (C=O) groups is 1. The fourth-order valence-electron chi connectivity index (χ4n) is 4.54. The number of hydrogen-bond acceptors (Lipinski definition) is 3. The highest BCUT2D eigenvalue weighted by atomic mass is 19.4. The van der Waals surface area contributed by atoms with Crippen LogP contribution in [0.5, 0.6) is 0 Å². The molecule has 0 spiro atoms. The minimum absolute atomic E-state index is 0.0799. The zero-order chi connectivity index (χ0) is 26.7. The van der Waals surface area contributed by atoms with Gasteiger partial charge in [0.15, 0.2) is 0 Å². The Bertz CT molecular complexity index is 1600. The first-order valence-electron chi connectivity index (χ1n) is 12.0. The molecule has 5 aromatic rings. The van der Waals surface area contributed by atoms with Gasteiger partial charge in [-0.25, -0.2) is 4.79 Å². The third-order valence-electron chi connectivity index (χ3n) is 6.37. The number of aromatic nitrogens is 1.